The average molecular weight is 562 g/mol. The second kappa shape index (κ2) is 7.29. The van der Waals surface area contributed by atoms with Gasteiger partial charge in [-0.2, -0.15) is 0 Å². The van der Waals surface area contributed by atoms with Crippen LogP contribution in [0, 0.1) is 11.8 Å². The first-order valence-corrected chi connectivity index (χ1v) is 12.6. The van der Waals surface area contributed by atoms with E-state index in [2.05, 4.69) is 20.2 Å². The summed E-state index contributed by atoms with van der Waals surface area (Å²) < 4.78 is 12.1. The summed E-state index contributed by atoms with van der Waals surface area (Å²) in [5, 5.41) is 0. The van der Waals surface area contributed by atoms with Crippen LogP contribution in [0.15, 0.2) is 21.8 Å². The Morgan fingerprint density at radius 1 is 1.26 bits per heavy atom. The molecule has 0 aromatic rings. The summed E-state index contributed by atoms with van der Waals surface area (Å²) >= 11 is 1.43. The van der Waals surface area contributed by atoms with Crippen LogP contribution in [0.2, 0.25) is 3.48 Å². The van der Waals surface area contributed by atoms with Crippen LogP contribution < -0.4 is 0 Å². The number of rotatable bonds is 5. The standard InChI is InChI=1S/C16H22IO.Tl/c1-2-4-16(15(3-1)14-5-6-14)18-12-9-13-7-10-17-11-8-13;/h5,7-8,10-11,14-16H,1-4,6,9,12H2;/t14?,15?,16-;/m1./s1. The Labute approximate surface area is 142 Å². The van der Waals surface area contributed by atoms with E-state index in [9.17, 15) is 0 Å². The zero-order valence-corrected chi connectivity index (χ0v) is 18.1. The fourth-order valence-corrected chi connectivity index (χ4v) is 7.29. The number of hydrogen-bond donors (Lipinski definition) is 0. The Kier molecular flexibility index (Phi) is 5.71. The SMILES string of the molecule is [Tl][CH]1CC1C1CCCC[C@H]1OCCC1=CC=IC=C1. The molecule has 0 radical (unpaired) electrons. The van der Waals surface area contributed by atoms with Crippen LogP contribution in [0.3, 0.4) is 0 Å². The second-order valence-electron chi connectivity index (χ2n) is 5.96. The first kappa shape index (κ1) is 14.9. The molecular formula is C16H22IOTl. The summed E-state index contributed by atoms with van der Waals surface area (Å²) in [6.07, 6.45) is 13.5. The van der Waals surface area contributed by atoms with E-state index in [4.69, 9.17) is 4.74 Å². The molecule has 0 spiro atoms. The van der Waals surface area contributed by atoms with Crippen molar-refractivity contribution < 1.29 is 4.74 Å². The van der Waals surface area contributed by atoms with Crippen LogP contribution >= 0.6 is 20.7 Å². The van der Waals surface area contributed by atoms with E-state index in [1.807, 2.05) is 0 Å². The predicted molar refractivity (Wildman–Crippen MR) is 91.2 cm³/mol. The fourth-order valence-electron chi connectivity index (χ4n) is 3.38. The summed E-state index contributed by atoms with van der Waals surface area (Å²) in [5.41, 5.74) is 1.46. The van der Waals surface area contributed by atoms with E-state index in [0.717, 1.165) is 28.3 Å². The Hall–Kier alpha value is 0.962. The fraction of sp³-hybridized carbons (Fsp3) is 0.688. The minimum atomic E-state index is 0.228. The molecule has 1 nitrogen and oxygen atoms in total. The molecule has 0 aromatic heterocycles. The van der Waals surface area contributed by atoms with Crippen LogP contribution in [0.1, 0.15) is 38.5 Å². The van der Waals surface area contributed by atoms with Gasteiger partial charge in [-0.3, -0.25) is 0 Å². The van der Waals surface area contributed by atoms with E-state index < -0.39 is 0 Å². The van der Waals surface area contributed by atoms with Gasteiger partial charge in [0, 0.05) is 0 Å². The summed E-state index contributed by atoms with van der Waals surface area (Å²) in [6, 6.07) is 0. The molecular weight excluding hydrogens is 539 g/mol. The molecule has 3 aliphatic rings. The van der Waals surface area contributed by atoms with Crippen LogP contribution in [-0.4, -0.2) is 42.5 Å². The van der Waals surface area contributed by atoms with Crippen molar-refractivity contribution in [2.75, 3.05) is 6.61 Å². The molecule has 0 bridgehead atoms. The van der Waals surface area contributed by atoms with Crippen LogP contribution in [0.25, 0.3) is 0 Å². The van der Waals surface area contributed by atoms with Gasteiger partial charge in [-0.25, -0.2) is 0 Å². The Bertz CT molecular complexity index is 402. The monoisotopic (exact) mass is 562 g/mol. The number of ether oxygens (including phenoxy) is 1. The van der Waals surface area contributed by atoms with Gasteiger partial charge in [-0.05, 0) is 0 Å². The van der Waals surface area contributed by atoms with Crippen LogP contribution in [-0.2, 0) is 4.74 Å². The molecule has 1 aliphatic heterocycles. The van der Waals surface area contributed by atoms with Gasteiger partial charge in [0.1, 0.15) is 0 Å². The normalized spacial score (nSPS) is 37.5. The Balaban J connectivity index is 1.46. The quantitative estimate of drug-likeness (QED) is 0.362. The van der Waals surface area contributed by atoms with Gasteiger partial charge in [0.2, 0.25) is 0 Å². The van der Waals surface area contributed by atoms with Crippen molar-refractivity contribution in [3.05, 3.63) is 21.8 Å². The third-order valence-corrected chi connectivity index (χ3v) is 9.15. The zero-order chi connectivity index (χ0) is 13.1. The first-order valence-electron chi connectivity index (χ1n) is 7.52. The predicted octanol–water partition coefficient (Wildman–Crippen LogP) is 4.16. The van der Waals surface area contributed by atoms with Gasteiger partial charge in [-0.15, -0.1) is 0 Å². The number of allylic oxidation sites excluding steroid dienone is 2. The molecule has 3 rings (SSSR count). The molecule has 2 saturated carbocycles. The molecule has 0 amide bonds. The molecule has 3 heteroatoms. The summed E-state index contributed by atoms with van der Waals surface area (Å²) in [5.74, 6) is 1.97. The van der Waals surface area contributed by atoms with Gasteiger partial charge in [0.05, 0.1) is 0 Å². The molecule has 0 saturated heterocycles. The third kappa shape index (κ3) is 4.22. The van der Waals surface area contributed by atoms with E-state index in [1.54, 1.807) is 0 Å². The van der Waals surface area contributed by atoms with Gasteiger partial charge in [0.25, 0.3) is 0 Å². The van der Waals surface area contributed by atoms with Crippen molar-refractivity contribution in [1.82, 2.24) is 0 Å². The van der Waals surface area contributed by atoms with Crippen LogP contribution in [0.5, 0.6) is 0 Å². The topological polar surface area (TPSA) is 9.23 Å². The van der Waals surface area contributed by atoms with E-state index in [1.165, 1.54) is 63.4 Å². The van der Waals surface area contributed by atoms with E-state index in [-0.39, 0.29) is 20.7 Å². The summed E-state index contributed by atoms with van der Waals surface area (Å²) in [7, 11) is 0. The van der Waals surface area contributed by atoms with Gasteiger partial charge >= 0.3 is 144 Å². The van der Waals surface area contributed by atoms with Crippen molar-refractivity contribution in [3.8, 4) is 0 Å². The zero-order valence-electron chi connectivity index (χ0n) is 11.4. The molecule has 1 heterocycles. The minimum absolute atomic E-state index is 0.228. The van der Waals surface area contributed by atoms with E-state index >= 15 is 0 Å². The molecule has 0 aromatic carbocycles. The van der Waals surface area contributed by atoms with Crippen LogP contribution in [0.4, 0.5) is 0 Å². The Morgan fingerprint density at radius 2 is 2.11 bits per heavy atom. The first-order chi connectivity index (χ1) is 9.34. The van der Waals surface area contributed by atoms with Gasteiger partial charge in [0.15, 0.2) is 0 Å². The number of hydrogen-bond acceptors (Lipinski definition) is 1. The maximum atomic E-state index is 6.29. The average Bonchev–Trinajstić information content (AvgIpc) is 3.17. The summed E-state index contributed by atoms with van der Waals surface area (Å²) in [6.45, 7) is 0.935. The van der Waals surface area contributed by atoms with Gasteiger partial charge < -0.3 is 0 Å². The molecule has 2 fully saturated rings. The maximum absolute atomic E-state index is 6.29. The van der Waals surface area contributed by atoms with E-state index in [0.29, 0.717) is 6.10 Å². The summed E-state index contributed by atoms with van der Waals surface area (Å²) in [4.78, 5) is 0. The molecule has 3 unspecified atom stereocenters. The molecule has 0 N–H and O–H groups in total. The molecule has 19 heavy (non-hydrogen) atoms. The molecule has 4 atom stereocenters. The number of halogens is 1. The molecule has 102 valence electrons. The molecule has 2 aliphatic carbocycles. The second-order valence-corrected chi connectivity index (χ2v) is 11.4. The van der Waals surface area contributed by atoms with Crippen molar-refractivity contribution in [2.24, 2.45) is 11.8 Å². The van der Waals surface area contributed by atoms with Crippen molar-refractivity contribution in [1.29, 1.82) is 0 Å². The van der Waals surface area contributed by atoms with Gasteiger partial charge in [-0.1, -0.05) is 0 Å². The Morgan fingerprint density at radius 3 is 2.84 bits per heavy atom. The van der Waals surface area contributed by atoms with Crippen molar-refractivity contribution in [3.63, 3.8) is 0 Å². The van der Waals surface area contributed by atoms with Crippen molar-refractivity contribution in [2.45, 2.75) is 48.1 Å². The third-order valence-electron chi connectivity index (χ3n) is 4.62. The van der Waals surface area contributed by atoms with Crippen molar-refractivity contribution >= 4 is 50.5 Å².